The van der Waals surface area contributed by atoms with Gasteiger partial charge in [-0.1, -0.05) is 133 Å². The second-order valence-electron chi connectivity index (χ2n) is 12.4. The summed E-state index contributed by atoms with van der Waals surface area (Å²) in [6, 6.07) is 56.8. The van der Waals surface area contributed by atoms with Crippen LogP contribution in [0, 0.1) is 0 Å². The van der Waals surface area contributed by atoms with E-state index in [0.717, 1.165) is 44.2 Å². The van der Waals surface area contributed by atoms with Gasteiger partial charge in [-0.2, -0.15) is 0 Å². The molecule has 0 amide bonds. The van der Waals surface area contributed by atoms with Gasteiger partial charge in [0, 0.05) is 47.6 Å². The van der Waals surface area contributed by atoms with Gasteiger partial charge in [-0.05, 0) is 52.6 Å². The lowest BCUT2D eigenvalue weighted by atomic mass is 9.90. The van der Waals surface area contributed by atoms with Gasteiger partial charge in [-0.3, -0.25) is 0 Å². The van der Waals surface area contributed by atoms with E-state index in [0.29, 0.717) is 17.5 Å². The number of hydrogen-bond acceptors (Lipinski definition) is 5. The zero-order valence-electron chi connectivity index (χ0n) is 26.7. The molecule has 0 radical (unpaired) electrons. The first-order chi connectivity index (χ1) is 24.8. The van der Waals surface area contributed by atoms with Crippen molar-refractivity contribution >= 4 is 53.4 Å². The molecular formula is C45H27N3OS. The molecule has 4 nitrogen and oxygen atoms in total. The Labute approximate surface area is 292 Å². The summed E-state index contributed by atoms with van der Waals surface area (Å²) < 4.78 is 9.19. The number of rotatable bonds is 5. The fourth-order valence-corrected chi connectivity index (χ4v) is 8.21. The molecular weight excluding hydrogens is 631 g/mol. The van der Waals surface area contributed by atoms with Crippen LogP contribution >= 0.6 is 11.3 Å². The molecule has 10 aromatic rings. The minimum atomic E-state index is 0.599. The normalized spacial score (nSPS) is 11.6. The van der Waals surface area contributed by atoms with E-state index in [1.165, 1.54) is 36.9 Å². The van der Waals surface area contributed by atoms with Crippen molar-refractivity contribution in [1.82, 2.24) is 15.0 Å². The Hall–Kier alpha value is -6.43. The SMILES string of the molecule is c1ccc(-c2nc(-c3ccccc3)nc(-c3ccc4c(c3)oc3cccc(-c5ccccc5-c5cccc6sc7ccccc7c56)c34)n2)cc1. The van der Waals surface area contributed by atoms with Crippen LogP contribution in [-0.4, -0.2) is 15.0 Å². The molecule has 5 heteroatoms. The third-order valence-corrected chi connectivity index (χ3v) is 10.5. The van der Waals surface area contributed by atoms with Gasteiger partial charge in [0.2, 0.25) is 0 Å². The largest absolute Gasteiger partial charge is 0.456 e. The average Bonchev–Trinajstić information content (AvgIpc) is 3.77. The van der Waals surface area contributed by atoms with Crippen molar-refractivity contribution in [2.45, 2.75) is 0 Å². The average molecular weight is 658 g/mol. The Morgan fingerprint density at radius 2 is 0.900 bits per heavy atom. The van der Waals surface area contributed by atoms with Crippen molar-refractivity contribution in [3.05, 3.63) is 164 Å². The summed E-state index contributed by atoms with van der Waals surface area (Å²) in [5.41, 5.74) is 9.12. The van der Waals surface area contributed by atoms with Crippen LogP contribution in [0.25, 0.3) is 98.5 Å². The highest BCUT2D eigenvalue weighted by Gasteiger charge is 2.19. The summed E-state index contributed by atoms with van der Waals surface area (Å²) in [6.45, 7) is 0. The predicted molar refractivity (Wildman–Crippen MR) is 207 cm³/mol. The van der Waals surface area contributed by atoms with E-state index in [2.05, 4.69) is 103 Å². The smallest absolute Gasteiger partial charge is 0.164 e. The molecule has 3 aromatic heterocycles. The molecule has 7 aromatic carbocycles. The van der Waals surface area contributed by atoms with Crippen LogP contribution in [0.3, 0.4) is 0 Å². The number of hydrogen-bond donors (Lipinski definition) is 0. The molecule has 0 saturated carbocycles. The Balaban J connectivity index is 1.14. The van der Waals surface area contributed by atoms with Crippen LogP contribution in [-0.2, 0) is 0 Å². The van der Waals surface area contributed by atoms with E-state index in [1.807, 2.05) is 72.0 Å². The molecule has 10 rings (SSSR count). The highest BCUT2D eigenvalue weighted by atomic mass is 32.1. The minimum absolute atomic E-state index is 0.599. The minimum Gasteiger partial charge on any atom is -0.456 e. The van der Waals surface area contributed by atoms with Crippen LogP contribution in [0.5, 0.6) is 0 Å². The van der Waals surface area contributed by atoms with E-state index in [9.17, 15) is 0 Å². The molecule has 0 N–H and O–H groups in total. The van der Waals surface area contributed by atoms with Crippen molar-refractivity contribution in [1.29, 1.82) is 0 Å². The van der Waals surface area contributed by atoms with Crippen LogP contribution in [0.1, 0.15) is 0 Å². The fraction of sp³-hybridized carbons (Fsp3) is 0. The van der Waals surface area contributed by atoms with E-state index in [1.54, 1.807) is 0 Å². The maximum Gasteiger partial charge on any atom is 0.164 e. The highest BCUT2D eigenvalue weighted by molar-refractivity contribution is 7.25. The number of thiophene rings is 1. The fourth-order valence-electron chi connectivity index (χ4n) is 7.08. The van der Waals surface area contributed by atoms with E-state index in [-0.39, 0.29) is 0 Å². The van der Waals surface area contributed by atoms with Gasteiger partial charge in [0.15, 0.2) is 17.5 Å². The molecule has 0 saturated heterocycles. The zero-order chi connectivity index (χ0) is 33.0. The number of nitrogens with zero attached hydrogens (tertiary/aromatic N) is 3. The van der Waals surface area contributed by atoms with E-state index < -0.39 is 0 Å². The molecule has 0 unspecified atom stereocenters. The number of fused-ring (bicyclic) bond motifs is 6. The van der Waals surface area contributed by atoms with Crippen molar-refractivity contribution in [2.75, 3.05) is 0 Å². The maximum atomic E-state index is 6.60. The molecule has 0 aliphatic rings. The molecule has 0 atom stereocenters. The maximum absolute atomic E-state index is 6.60. The quantitative estimate of drug-likeness (QED) is 0.185. The molecule has 0 spiro atoms. The lowest BCUT2D eigenvalue weighted by Crippen LogP contribution is -2.00. The Kier molecular flexibility index (Phi) is 6.64. The van der Waals surface area contributed by atoms with Crippen molar-refractivity contribution < 1.29 is 4.42 Å². The van der Waals surface area contributed by atoms with Crippen LogP contribution < -0.4 is 0 Å². The van der Waals surface area contributed by atoms with E-state index >= 15 is 0 Å². The topological polar surface area (TPSA) is 51.8 Å². The van der Waals surface area contributed by atoms with Gasteiger partial charge in [-0.25, -0.2) is 15.0 Å². The van der Waals surface area contributed by atoms with Gasteiger partial charge in [0.05, 0.1) is 0 Å². The molecule has 0 fully saturated rings. The van der Waals surface area contributed by atoms with Crippen molar-refractivity contribution in [2.24, 2.45) is 0 Å². The molecule has 3 heterocycles. The van der Waals surface area contributed by atoms with Gasteiger partial charge in [0.25, 0.3) is 0 Å². The van der Waals surface area contributed by atoms with Gasteiger partial charge < -0.3 is 4.42 Å². The molecule has 0 bridgehead atoms. The third-order valence-electron chi connectivity index (χ3n) is 9.36. The number of aromatic nitrogens is 3. The number of furan rings is 1. The first kappa shape index (κ1) is 28.6. The monoisotopic (exact) mass is 657 g/mol. The predicted octanol–water partition coefficient (Wildman–Crippen LogP) is 12.5. The standard InChI is InChI=1S/C45H27N3OS/c1-3-13-28(14-4-1)43-46-44(29-15-5-2-6-16-29)48-45(47-43)30-25-26-35-38(27-30)49-37-22-11-20-33(41(35)37)31-17-7-8-18-32(31)34-21-12-24-40-42(34)36-19-9-10-23-39(36)50-40/h1-27H. The lowest BCUT2D eigenvalue weighted by Gasteiger charge is -2.13. The Morgan fingerprint density at radius 3 is 1.60 bits per heavy atom. The molecule has 0 aliphatic carbocycles. The Morgan fingerprint density at radius 1 is 0.360 bits per heavy atom. The van der Waals surface area contributed by atoms with Crippen LogP contribution in [0.4, 0.5) is 0 Å². The number of benzene rings is 7. The Bertz CT molecular complexity index is 2820. The molecule has 234 valence electrons. The summed E-state index contributed by atoms with van der Waals surface area (Å²) in [4.78, 5) is 14.8. The molecule has 50 heavy (non-hydrogen) atoms. The lowest BCUT2D eigenvalue weighted by molar-refractivity contribution is 0.669. The van der Waals surface area contributed by atoms with Crippen LogP contribution in [0.2, 0.25) is 0 Å². The zero-order valence-corrected chi connectivity index (χ0v) is 27.6. The second-order valence-corrected chi connectivity index (χ2v) is 13.4. The van der Waals surface area contributed by atoms with E-state index in [4.69, 9.17) is 19.4 Å². The molecule has 0 aliphatic heterocycles. The van der Waals surface area contributed by atoms with Gasteiger partial charge in [0.1, 0.15) is 11.2 Å². The van der Waals surface area contributed by atoms with Crippen LogP contribution in [0.15, 0.2) is 168 Å². The second kappa shape index (κ2) is 11.6. The highest BCUT2D eigenvalue weighted by Crippen LogP contribution is 2.45. The summed E-state index contributed by atoms with van der Waals surface area (Å²) in [6.07, 6.45) is 0. The first-order valence-electron chi connectivity index (χ1n) is 16.6. The van der Waals surface area contributed by atoms with Crippen molar-refractivity contribution in [3.63, 3.8) is 0 Å². The summed E-state index contributed by atoms with van der Waals surface area (Å²) in [7, 11) is 0. The third kappa shape index (κ3) is 4.71. The summed E-state index contributed by atoms with van der Waals surface area (Å²) >= 11 is 1.85. The summed E-state index contributed by atoms with van der Waals surface area (Å²) in [5.74, 6) is 1.86. The van der Waals surface area contributed by atoms with Gasteiger partial charge in [-0.15, -0.1) is 11.3 Å². The van der Waals surface area contributed by atoms with Gasteiger partial charge >= 0.3 is 0 Å². The summed E-state index contributed by atoms with van der Waals surface area (Å²) in [5, 5.41) is 4.74. The van der Waals surface area contributed by atoms with Crippen molar-refractivity contribution in [3.8, 4) is 56.4 Å². The first-order valence-corrected chi connectivity index (χ1v) is 17.4.